The topological polar surface area (TPSA) is 59.8 Å². The molecule has 7 nitrogen and oxygen atoms in total. The van der Waals surface area contributed by atoms with Gasteiger partial charge >= 0.3 is 6.61 Å². The number of hydrogen-bond acceptors (Lipinski definition) is 5. The number of nitrogens with zero attached hydrogens (tertiary/aromatic N) is 4. The maximum atomic E-state index is 13.3. The Morgan fingerprint density at radius 3 is 2.39 bits per heavy atom. The fourth-order valence-corrected chi connectivity index (χ4v) is 6.47. The number of carbonyl (C=O) groups excluding carboxylic acids is 1. The SMILES string of the molecule is O=C1CCCN1c1cccc(OCc2nc3ccc(-c4ccc(CN5CCCC5)cc4)cc3n2Cc2ccccc2OC(F)F)c1. The number of aromatic nitrogens is 2. The molecule has 7 rings (SSSR count). The largest absolute Gasteiger partial charge is 0.486 e. The molecule has 0 aliphatic carbocycles. The van der Waals surface area contributed by atoms with Gasteiger partial charge in [-0.1, -0.05) is 54.6 Å². The Hall–Kier alpha value is -4.76. The van der Waals surface area contributed by atoms with Gasteiger partial charge in [-0.05, 0) is 79.4 Å². The van der Waals surface area contributed by atoms with Crippen molar-refractivity contribution in [1.29, 1.82) is 0 Å². The average Bonchev–Trinajstić information content (AvgIpc) is 3.82. The molecule has 9 heteroatoms. The van der Waals surface area contributed by atoms with E-state index in [0.29, 0.717) is 30.1 Å². The minimum absolute atomic E-state index is 0.112. The van der Waals surface area contributed by atoms with Gasteiger partial charge in [0.05, 0.1) is 17.6 Å². The third kappa shape index (κ3) is 6.60. The molecule has 0 unspecified atom stereocenters. The summed E-state index contributed by atoms with van der Waals surface area (Å²) in [4.78, 5) is 21.5. The zero-order valence-corrected chi connectivity index (χ0v) is 25.6. The van der Waals surface area contributed by atoms with Crippen molar-refractivity contribution in [2.45, 2.75) is 52.0 Å². The van der Waals surface area contributed by atoms with E-state index in [1.54, 1.807) is 23.1 Å². The molecule has 1 amide bonds. The molecule has 0 atom stereocenters. The number of benzene rings is 4. The lowest BCUT2D eigenvalue weighted by Gasteiger charge is -2.17. The summed E-state index contributed by atoms with van der Waals surface area (Å²) in [6.07, 6.45) is 3.93. The lowest BCUT2D eigenvalue weighted by molar-refractivity contribution is -0.117. The van der Waals surface area contributed by atoms with Crippen LogP contribution in [0.15, 0.2) is 91.0 Å². The Morgan fingerprint density at radius 2 is 1.61 bits per heavy atom. The predicted molar refractivity (Wildman–Crippen MR) is 174 cm³/mol. The Kier molecular flexibility index (Phi) is 8.66. The van der Waals surface area contributed by atoms with Crippen molar-refractivity contribution in [3.05, 3.63) is 108 Å². The molecule has 2 fully saturated rings. The first-order valence-electron chi connectivity index (χ1n) is 15.9. The second kappa shape index (κ2) is 13.3. The van der Waals surface area contributed by atoms with Crippen molar-refractivity contribution in [3.8, 4) is 22.6 Å². The van der Waals surface area contributed by atoms with Crippen molar-refractivity contribution in [2.24, 2.45) is 0 Å². The third-order valence-electron chi connectivity index (χ3n) is 8.81. The number of alkyl halides is 2. The Labute approximate surface area is 267 Å². The highest BCUT2D eigenvalue weighted by Crippen LogP contribution is 2.30. The summed E-state index contributed by atoms with van der Waals surface area (Å²) in [7, 11) is 0. The van der Waals surface area contributed by atoms with Crippen LogP contribution in [0, 0.1) is 0 Å². The normalized spacial score (nSPS) is 15.4. The van der Waals surface area contributed by atoms with Crippen LogP contribution in [-0.4, -0.2) is 46.6 Å². The maximum Gasteiger partial charge on any atom is 0.387 e. The van der Waals surface area contributed by atoms with Gasteiger partial charge in [-0.25, -0.2) is 4.98 Å². The number of imidazole rings is 1. The Bertz CT molecular complexity index is 1830. The number of rotatable bonds is 11. The van der Waals surface area contributed by atoms with Gasteiger partial charge in [0.25, 0.3) is 0 Å². The van der Waals surface area contributed by atoms with Gasteiger partial charge in [-0.2, -0.15) is 8.78 Å². The van der Waals surface area contributed by atoms with E-state index in [9.17, 15) is 13.6 Å². The molecule has 0 spiro atoms. The molecule has 2 saturated heterocycles. The molecule has 0 bridgehead atoms. The van der Waals surface area contributed by atoms with Crippen molar-refractivity contribution >= 4 is 22.6 Å². The smallest absolute Gasteiger partial charge is 0.387 e. The van der Waals surface area contributed by atoms with Gasteiger partial charge in [0.2, 0.25) is 5.91 Å². The molecule has 2 aliphatic heterocycles. The van der Waals surface area contributed by atoms with E-state index < -0.39 is 6.61 Å². The number of amides is 1. The van der Waals surface area contributed by atoms with E-state index in [1.165, 1.54) is 18.4 Å². The van der Waals surface area contributed by atoms with Crippen LogP contribution in [0.2, 0.25) is 0 Å². The lowest BCUT2D eigenvalue weighted by Crippen LogP contribution is -2.23. The number of para-hydroxylation sites is 1. The fraction of sp³-hybridized carbons (Fsp3) is 0.297. The van der Waals surface area contributed by atoms with Crippen molar-refractivity contribution in [2.75, 3.05) is 24.5 Å². The number of carbonyl (C=O) groups is 1. The lowest BCUT2D eigenvalue weighted by atomic mass is 10.0. The van der Waals surface area contributed by atoms with Gasteiger partial charge < -0.3 is 18.9 Å². The number of likely N-dealkylation sites (tertiary alicyclic amines) is 1. The third-order valence-corrected chi connectivity index (χ3v) is 8.81. The first-order chi connectivity index (χ1) is 22.5. The first kappa shape index (κ1) is 29.9. The standard InChI is InChI=1S/C37H36F2N4O3/c38-37(39)46-34-10-2-1-7-29(34)24-43-33-21-28(27-14-12-26(13-15-27)23-41-18-3-4-19-41)16-17-32(33)40-35(43)25-45-31-9-5-8-30(22-31)42-20-6-11-36(42)44/h1-2,5,7-10,12-17,21-22,37H,3-4,6,11,18-20,23-25H2. The van der Waals surface area contributed by atoms with Gasteiger partial charge in [-0.3, -0.25) is 9.69 Å². The molecule has 5 aromatic rings. The van der Waals surface area contributed by atoms with Crippen molar-refractivity contribution in [3.63, 3.8) is 0 Å². The van der Waals surface area contributed by atoms with Crippen LogP contribution < -0.4 is 14.4 Å². The molecular weight excluding hydrogens is 586 g/mol. The number of halogens is 2. The van der Waals surface area contributed by atoms with Gasteiger partial charge in [0.15, 0.2) is 0 Å². The van der Waals surface area contributed by atoms with E-state index in [0.717, 1.165) is 53.9 Å². The summed E-state index contributed by atoms with van der Waals surface area (Å²) >= 11 is 0. The van der Waals surface area contributed by atoms with Gasteiger partial charge in [0.1, 0.15) is 23.9 Å². The molecule has 3 heterocycles. The summed E-state index contributed by atoms with van der Waals surface area (Å²) in [6, 6.07) is 29.2. The number of hydrogen-bond donors (Lipinski definition) is 0. The van der Waals surface area contributed by atoms with Crippen LogP contribution in [0.1, 0.15) is 42.6 Å². The van der Waals surface area contributed by atoms with Crippen molar-refractivity contribution < 1.29 is 23.0 Å². The van der Waals surface area contributed by atoms with E-state index in [4.69, 9.17) is 14.5 Å². The van der Waals surface area contributed by atoms with Crippen LogP contribution in [0.4, 0.5) is 14.5 Å². The molecule has 2 aliphatic rings. The number of anilines is 1. The fourth-order valence-electron chi connectivity index (χ4n) is 6.47. The molecule has 0 radical (unpaired) electrons. The summed E-state index contributed by atoms with van der Waals surface area (Å²) in [6.45, 7) is 1.45. The van der Waals surface area contributed by atoms with Crippen LogP contribution in [0.3, 0.4) is 0 Å². The van der Waals surface area contributed by atoms with Crippen molar-refractivity contribution in [1.82, 2.24) is 14.5 Å². The molecule has 1 aromatic heterocycles. The van der Waals surface area contributed by atoms with Crippen LogP contribution in [0.25, 0.3) is 22.2 Å². The van der Waals surface area contributed by atoms with Crippen LogP contribution >= 0.6 is 0 Å². The highest BCUT2D eigenvalue weighted by molar-refractivity contribution is 5.95. The monoisotopic (exact) mass is 622 g/mol. The average molecular weight is 623 g/mol. The maximum absolute atomic E-state index is 13.3. The quantitative estimate of drug-likeness (QED) is 0.151. The van der Waals surface area contributed by atoms with Gasteiger partial charge in [0, 0.05) is 36.8 Å². The van der Waals surface area contributed by atoms with E-state index >= 15 is 0 Å². The second-order valence-corrected chi connectivity index (χ2v) is 11.9. The molecule has 236 valence electrons. The predicted octanol–water partition coefficient (Wildman–Crippen LogP) is 7.65. The molecule has 4 aromatic carbocycles. The highest BCUT2D eigenvalue weighted by Gasteiger charge is 2.22. The highest BCUT2D eigenvalue weighted by atomic mass is 19.3. The summed E-state index contributed by atoms with van der Waals surface area (Å²) in [5.41, 5.74) is 6.47. The summed E-state index contributed by atoms with van der Waals surface area (Å²) in [5.74, 6) is 1.49. The van der Waals surface area contributed by atoms with Crippen LogP contribution in [0.5, 0.6) is 11.5 Å². The number of fused-ring (bicyclic) bond motifs is 1. The van der Waals surface area contributed by atoms with E-state index in [2.05, 4.69) is 41.3 Å². The van der Waals surface area contributed by atoms with Crippen LogP contribution in [-0.2, 0) is 24.5 Å². The molecular formula is C37H36F2N4O3. The minimum atomic E-state index is -2.93. The second-order valence-electron chi connectivity index (χ2n) is 11.9. The number of ether oxygens (including phenoxy) is 2. The molecule has 0 N–H and O–H groups in total. The van der Waals surface area contributed by atoms with Gasteiger partial charge in [-0.15, -0.1) is 0 Å². The summed E-state index contributed by atoms with van der Waals surface area (Å²) in [5, 5.41) is 0. The zero-order valence-electron chi connectivity index (χ0n) is 25.6. The van der Waals surface area contributed by atoms with E-state index in [1.807, 2.05) is 41.0 Å². The minimum Gasteiger partial charge on any atom is -0.486 e. The molecule has 46 heavy (non-hydrogen) atoms. The molecule has 0 saturated carbocycles. The summed E-state index contributed by atoms with van der Waals surface area (Å²) < 4.78 is 39.7. The van der Waals surface area contributed by atoms with E-state index in [-0.39, 0.29) is 24.8 Å². The zero-order chi connectivity index (χ0) is 31.5. The Balaban J connectivity index is 1.20. The first-order valence-corrected chi connectivity index (χ1v) is 15.9. The Morgan fingerprint density at radius 1 is 0.804 bits per heavy atom.